The summed E-state index contributed by atoms with van der Waals surface area (Å²) < 4.78 is 27.9. The van der Waals surface area contributed by atoms with Gasteiger partial charge in [0.05, 0.1) is 0 Å². The van der Waals surface area contributed by atoms with Crippen LogP contribution in [0.4, 0.5) is 0 Å². The van der Waals surface area contributed by atoms with Crippen LogP contribution in [-0.2, 0) is 16.4 Å². The monoisotopic (exact) mass is 317 g/mol. The molecule has 2 unspecified atom stereocenters. The second kappa shape index (κ2) is 7.02. The number of hydrogen-bond acceptors (Lipinski definition) is 4. The van der Waals surface area contributed by atoms with Crippen LogP contribution >= 0.6 is 11.3 Å². The number of nitrogens with one attached hydrogen (secondary N) is 1. The topological polar surface area (TPSA) is 66.4 Å². The largest absolute Gasteiger partial charge is 0.396 e. The van der Waals surface area contributed by atoms with E-state index in [0.717, 1.165) is 30.6 Å². The Morgan fingerprint density at radius 2 is 2.20 bits per heavy atom. The summed E-state index contributed by atoms with van der Waals surface area (Å²) in [4.78, 5) is 0.906. The van der Waals surface area contributed by atoms with Crippen LogP contribution in [0.1, 0.15) is 43.9 Å². The summed E-state index contributed by atoms with van der Waals surface area (Å²) in [7, 11) is -3.40. The lowest BCUT2D eigenvalue weighted by Gasteiger charge is -2.28. The first-order valence-corrected chi connectivity index (χ1v) is 9.57. The van der Waals surface area contributed by atoms with E-state index >= 15 is 0 Å². The molecule has 2 atom stereocenters. The van der Waals surface area contributed by atoms with Crippen LogP contribution in [0.25, 0.3) is 0 Å². The third-order valence-electron chi connectivity index (χ3n) is 3.94. The number of aliphatic hydroxyl groups is 1. The third-order valence-corrected chi connectivity index (χ3v) is 7.10. The molecule has 0 aliphatic heterocycles. The van der Waals surface area contributed by atoms with Crippen LogP contribution in [0.3, 0.4) is 0 Å². The molecule has 0 saturated heterocycles. The Morgan fingerprint density at radius 1 is 1.40 bits per heavy atom. The Morgan fingerprint density at radius 3 is 2.90 bits per heavy atom. The van der Waals surface area contributed by atoms with Gasteiger partial charge in [-0.1, -0.05) is 26.2 Å². The van der Waals surface area contributed by atoms with Crippen LogP contribution in [-0.4, -0.2) is 26.2 Å². The zero-order valence-electron chi connectivity index (χ0n) is 11.8. The maximum Gasteiger partial charge on any atom is 0.250 e. The summed E-state index contributed by atoms with van der Waals surface area (Å²) in [6, 6.07) is 3.49. The minimum absolute atomic E-state index is 0.0498. The van der Waals surface area contributed by atoms with E-state index in [-0.39, 0.29) is 12.6 Å². The number of sulfonamides is 1. The second-order valence-electron chi connectivity index (χ2n) is 5.45. The summed E-state index contributed by atoms with van der Waals surface area (Å²) in [5.41, 5.74) is 0. The highest BCUT2D eigenvalue weighted by Gasteiger charge is 2.26. The molecule has 4 nitrogen and oxygen atoms in total. The molecule has 1 fully saturated rings. The van der Waals surface area contributed by atoms with Gasteiger partial charge in [0.15, 0.2) is 0 Å². The van der Waals surface area contributed by atoms with Gasteiger partial charge in [-0.15, -0.1) is 11.3 Å². The molecule has 1 heterocycles. The predicted octanol–water partition coefficient (Wildman–Crippen LogP) is 2.53. The lowest BCUT2D eigenvalue weighted by molar-refractivity contribution is 0.300. The predicted molar refractivity (Wildman–Crippen MR) is 81.5 cm³/mol. The molecule has 1 aromatic rings. The molecule has 0 aromatic carbocycles. The summed E-state index contributed by atoms with van der Waals surface area (Å²) in [6.07, 6.45) is 5.84. The Kier molecular flexibility index (Phi) is 5.60. The first-order chi connectivity index (χ1) is 9.55. The number of thiophene rings is 1. The van der Waals surface area contributed by atoms with Crippen LogP contribution in [0.2, 0.25) is 0 Å². The van der Waals surface area contributed by atoms with Gasteiger partial charge >= 0.3 is 0 Å². The highest BCUT2D eigenvalue weighted by Crippen LogP contribution is 2.28. The maximum atomic E-state index is 12.3. The molecule has 2 rings (SSSR count). The zero-order valence-corrected chi connectivity index (χ0v) is 13.5. The van der Waals surface area contributed by atoms with Gasteiger partial charge in [-0.3, -0.25) is 0 Å². The first kappa shape index (κ1) is 15.9. The van der Waals surface area contributed by atoms with Crippen molar-refractivity contribution in [1.29, 1.82) is 0 Å². The fourth-order valence-electron chi connectivity index (χ4n) is 2.79. The molecule has 2 N–H and O–H groups in total. The van der Waals surface area contributed by atoms with Crippen molar-refractivity contribution in [2.45, 2.75) is 55.7 Å². The fraction of sp³-hybridized carbons (Fsp3) is 0.714. The minimum atomic E-state index is -3.40. The van der Waals surface area contributed by atoms with E-state index in [4.69, 9.17) is 5.11 Å². The Labute approximate surface area is 125 Å². The van der Waals surface area contributed by atoms with Gasteiger partial charge < -0.3 is 5.11 Å². The van der Waals surface area contributed by atoms with Gasteiger partial charge in [0.1, 0.15) is 4.21 Å². The highest BCUT2D eigenvalue weighted by atomic mass is 32.2. The smallest absolute Gasteiger partial charge is 0.250 e. The molecule has 1 aliphatic carbocycles. The highest BCUT2D eigenvalue weighted by molar-refractivity contribution is 7.91. The minimum Gasteiger partial charge on any atom is -0.396 e. The van der Waals surface area contributed by atoms with Crippen molar-refractivity contribution in [2.75, 3.05) is 6.61 Å². The molecule has 0 spiro atoms. The Bertz CT molecular complexity index is 524. The zero-order chi connectivity index (χ0) is 14.6. The molecular weight excluding hydrogens is 294 g/mol. The van der Waals surface area contributed by atoms with Crippen molar-refractivity contribution < 1.29 is 13.5 Å². The van der Waals surface area contributed by atoms with E-state index in [1.54, 1.807) is 12.1 Å². The van der Waals surface area contributed by atoms with Crippen LogP contribution in [0.15, 0.2) is 16.3 Å². The van der Waals surface area contributed by atoms with Gasteiger partial charge in [0.25, 0.3) is 0 Å². The van der Waals surface area contributed by atoms with Crippen molar-refractivity contribution >= 4 is 21.4 Å². The molecule has 6 heteroatoms. The summed E-state index contributed by atoms with van der Waals surface area (Å²) >= 11 is 1.25. The molecule has 0 radical (unpaired) electrons. The van der Waals surface area contributed by atoms with Crippen molar-refractivity contribution in [2.24, 2.45) is 5.92 Å². The quantitative estimate of drug-likeness (QED) is 0.847. The summed E-state index contributed by atoms with van der Waals surface area (Å²) in [6.45, 7) is 2.22. The molecular formula is C14H23NO3S2. The lowest BCUT2D eigenvalue weighted by atomic mass is 9.85. The average Bonchev–Trinajstić information content (AvgIpc) is 2.88. The van der Waals surface area contributed by atoms with E-state index in [1.165, 1.54) is 17.8 Å². The van der Waals surface area contributed by atoms with Crippen LogP contribution < -0.4 is 4.72 Å². The maximum absolute atomic E-state index is 12.3. The van der Waals surface area contributed by atoms with Crippen LogP contribution in [0, 0.1) is 5.92 Å². The SMILES string of the molecule is CCC1CCCC(NS(=O)(=O)c2ccc(CCO)s2)C1. The van der Waals surface area contributed by atoms with Gasteiger partial charge in [-0.05, 0) is 30.9 Å². The van der Waals surface area contributed by atoms with Crippen LogP contribution in [0.5, 0.6) is 0 Å². The van der Waals surface area contributed by atoms with Gasteiger partial charge in [0.2, 0.25) is 10.0 Å². The lowest BCUT2D eigenvalue weighted by Crippen LogP contribution is -2.37. The molecule has 1 aliphatic rings. The summed E-state index contributed by atoms with van der Waals surface area (Å²) in [5, 5.41) is 8.89. The fourth-order valence-corrected chi connectivity index (χ4v) is 5.44. The van der Waals surface area contributed by atoms with Crippen molar-refractivity contribution in [1.82, 2.24) is 4.72 Å². The molecule has 114 valence electrons. The van der Waals surface area contributed by atoms with E-state index < -0.39 is 10.0 Å². The molecule has 0 bridgehead atoms. The first-order valence-electron chi connectivity index (χ1n) is 7.27. The average molecular weight is 317 g/mol. The number of rotatable bonds is 6. The Hall–Kier alpha value is -0.430. The van der Waals surface area contributed by atoms with E-state index in [9.17, 15) is 8.42 Å². The van der Waals surface area contributed by atoms with Crippen molar-refractivity contribution in [3.05, 3.63) is 17.0 Å². The van der Waals surface area contributed by atoms with E-state index in [2.05, 4.69) is 11.6 Å². The molecule has 1 aromatic heterocycles. The number of aliphatic hydroxyl groups excluding tert-OH is 1. The van der Waals surface area contributed by atoms with Gasteiger partial charge in [0, 0.05) is 23.9 Å². The standard InChI is InChI=1S/C14H23NO3S2/c1-2-11-4-3-5-12(10-11)15-20(17,18)14-7-6-13(19-14)8-9-16/h6-7,11-12,15-16H,2-5,8-10H2,1H3. The summed E-state index contributed by atoms with van der Waals surface area (Å²) in [5.74, 6) is 0.643. The third kappa shape index (κ3) is 4.04. The Balaban J connectivity index is 2.02. The van der Waals surface area contributed by atoms with E-state index in [0.29, 0.717) is 16.5 Å². The van der Waals surface area contributed by atoms with Gasteiger partial charge in [-0.25, -0.2) is 13.1 Å². The number of hydrogen-bond donors (Lipinski definition) is 2. The van der Waals surface area contributed by atoms with Crippen molar-refractivity contribution in [3.8, 4) is 0 Å². The second-order valence-corrected chi connectivity index (χ2v) is 8.56. The van der Waals surface area contributed by atoms with Crippen molar-refractivity contribution in [3.63, 3.8) is 0 Å². The molecule has 1 saturated carbocycles. The van der Waals surface area contributed by atoms with Gasteiger partial charge in [-0.2, -0.15) is 0 Å². The molecule has 20 heavy (non-hydrogen) atoms. The molecule has 0 amide bonds. The normalized spacial score (nSPS) is 23.9. The van der Waals surface area contributed by atoms with E-state index in [1.807, 2.05) is 0 Å².